The monoisotopic (exact) mass is 544 g/mol. The first-order chi connectivity index (χ1) is 19.4. The van der Waals surface area contributed by atoms with E-state index in [1.54, 1.807) is 0 Å². The molecule has 2 amide bonds. The molecule has 2 aromatic heterocycles. The highest BCUT2D eigenvalue weighted by atomic mass is 16.5. The van der Waals surface area contributed by atoms with Crippen LogP contribution in [0.5, 0.6) is 0 Å². The first kappa shape index (κ1) is 26.5. The van der Waals surface area contributed by atoms with Gasteiger partial charge in [0.05, 0.1) is 34.2 Å². The number of nitrogens with one attached hydrogen (secondary N) is 4. The second kappa shape index (κ2) is 11.4. The summed E-state index contributed by atoms with van der Waals surface area (Å²) < 4.78 is 11.0. The lowest BCUT2D eigenvalue weighted by atomic mass is 10.0. The third-order valence-corrected chi connectivity index (χ3v) is 7.81. The van der Waals surface area contributed by atoms with Crippen LogP contribution in [0.1, 0.15) is 74.4 Å². The molecular weight excluding hydrogens is 508 g/mol. The minimum atomic E-state index is -0.355. The smallest absolute Gasteiger partial charge is 0.249 e. The number of aromatic amines is 2. The van der Waals surface area contributed by atoms with E-state index in [9.17, 15) is 9.59 Å². The van der Waals surface area contributed by atoms with Crippen LogP contribution in [0.15, 0.2) is 36.4 Å². The van der Waals surface area contributed by atoms with Gasteiger partial charge < -0.3 is 30.1 Å². The van der Waals surface area contributed by atoms with Crippen molar-refractivity contribution in [2.45, 2.75) is 76.7 Å². The van der Waals surface area contributed by atoms with Crippen LogP contribution < -0.4 is 10.6 Å². The lowest BCUT2D eigenvalue weighted by Crippen LogP contribution is -2.36. The van der Waals surface area contributed by atoms with Crippen LogP contribution in [-0.2, 0) is 31.9 Å². The molecule has 210 valence electrons. The number of aromatic nitrogens is 4. The molecule has 2 saturated heterocycles. The van der Waals surface area contributed by atoms with E-state index < -0.39 is 0 Å². The third kappa shape index (κ3) is 5.73. The highest BCUT2D eigenvalue weighted by Crippen LogP contribution is 2.22. The highest BCUT2D eigenvalue weighted by molar-refractivity contribution is 5.82. The molecule has 2 fully saturated rings. The molecule has 0 aliphatic carbocycles. The van der Waals surface area contributed by atoms with Gasteiger partial charge in [0.1, 0.15) is 23.9 Å². The Morgan fingerprint density at radius 2 is 1.25 bits per heavy atom. The van der Waals surface area contributed by atoms with Crippen LogP contribution in [0.3, 0.4) is 0 Å². The Hall–Kier alpha value is -3.76. The number of ether oxygens (including phenoxy) is 2. The van der Waals surface area contributed by atoms with E-state index in [1.807, 2.05) is 26.0 Å². The summed E-state index contributed by atoms with van der Waals surface area (Å²) in [5, 5.41) is 6.03. The van der Waals surface area contributed by atoms with E-state index in [0.717, 1.165) is 72.2 Å². The number of benzene rings is 2. The van der Waals surface area contributed by atoms with Gasteiger partial charge in [0.2, 0.25) is 11.8 Å². The zero-order valence-electron chi connectivity index (χ0n) is 23.0. The number of imidazole rings is 2. The molecule has 2 aromatic carbocycles. The van der Waals surface area contributed by atoms with Crippen molar-refractivity contribution in [1.82, 2.24) is 30.6 Å². The Balaban J connectivity index is 1.08. The quantitative estimate of drug-likeness (QED) is 0.252. The van der Waals surface area contributed by atoms with Crippen molar-refractivity contribution < 1.29 is 19.1 Å². The Kier molecular flexibility index (Phi) is 7.53. The molecule has 6 rings (SSSR count). The fourth-order valence-corrected chi connectivity index (χ4v) is 5.48. The summed E-state index contributed by atoms with van der Waals surface area (Å²) in [5.41, 5.74) is 6.08. The molecule has 10 heteroatoms. The van der Waals surface area contributed by atoms with Gasteiger partial charge in [-0.3, -0.25) is 9.59 Å². The Morgan fingerprint density at radius 3 is 1.65 bits per heavy atom. The van der Waals surface area contributed by atoms with E-state index in [2.05, 4.69) is 54.8 Å². The second-order valence-electron chi connectivity index (χ2n) is 10.9. The maximum atomic E-state index is 12.4. The first-order valence-corrected chi connectivity index (χ1v) is 14.2. The maximum absolute atomic E-state index is 12.4. The SMILES string of the molecule is C[C@H](NC(=O)C1CCCO1)c1nc2ccc(CCc3ccc4nc([C@H](C)NC(=O)C5CCCO5)[nH]c4c3)cc2[nH]1. The molecule has 4 heterocycles. The lowest BCUT2D eigenvalue weighted by molar-refractivity contribution is -0.131. The summed E-state index contributed by atoms with van der Waals surface area (Å²) >= 11 is 0. The summed E-state index contributed by atoms with van der Waals surface area (Å²) in [5.74, 6) is 1.32. The first-order valence-electron chi connectivity index (χ1n) is 14.2. The summed E-state index contributed by atoms with van der Waals surface area (Å²) in [6, 6.07) is 12.1. The van der Waals surface area contributed by atoms with Gasteiger partial charge in [-0.15, -0.1) is 0 Å². The van der Waals surface area contributed by atoms with Gasteiger partial charge in [-0.1, -0.05) is 12.1 Å². The van der Waals surface area contributed by atoms with Crippen molar-refractivity contribution in [3.05, 3.63) is 59.2 Å². The number of hydrogen-bond acceptors (Lipinski definition) is 6. The largest absolute Gasteiger partial charge is 0.368 e. The second-order valence-corrected chi connectivity index (χ2v) is 10.9. The number of rotatable bonds is 9. The number of hydrogen-bond donors (Lipinski definition) is 4. The normalized spacial score (nSPS) is 20.6. The molecule has 4 N–H and O–H groups in total. The van der Waals surface area contributed by atoms with Crippen LogP contribution in [0, 0.1) is 0 Å². The molecule has 2 unspecified atom stereocenters. The molecule has 0 bridgehead atoms. The number of fused-ring (bicyclic) bond motifs is 2. The van der Waals surface area contributed by atoms with Gasteiger partial charge in [-0.25, -0.2) is 9.97 Å². The zero-order chi connectivity index (χ0) is 27.6. The maximum Gasteiger partial charge on any atom is 0.249 e. The molecule has 4 aromatic rings. The number of carbonyl (C=O) groups is 2. The molecule has 2 aliphatic rings. The molecule has 0 radical (unpaired) electrons. The van der Waals surface area contributed by atoms with Gasteiger partial charge in [-0.05, 0) is 87.8 Å². The van der Waals surface area contributed by atoms with Crippen LogP contribution in [0.25, 0.3) is 22.1 Å². The van der Waals surface area contributed by atoms with E-state index in [0.29, 0.717) is 13.2 Å². The highest BCUT2D eigenvalue weighted by Gasteiger charge is 2.26. The zero-order valence-corrected chi connectivity index (χ0v) is 23.0. The average Bonchev–Trinajstić information content (AvgIpc) is 3.77. The number of H-pyrrole nitrogens is 2. The Bertz CT molecular complexity index is 1400. The van der Waals surface area contributed by atoms with Crippen LogP contribution in [0.4, 0.5) is 0 Å². The van der Waals surface area contributed by atoms with E-state index in [4.69, 9.17) is 9.47 Å². The van der Waals surface area contributed by atoms with E-state index in [1.165, 1.54) is 11.1 Å². The predicted octanol–water partition coefficient (Wildman–Crippen LogP) is 3.94. The van der Waals surface area contributed by atoms with Crippen molar-refractivity contribution in [2.24, 2.45) is 0 Å². The third-order valence-electron chi connectivity index (χ3n) is 7.81. The van der Waals surface area contributed by atoms with Gasteiger partial charge in [-0.2, -0.15) is 0 Å². The van der Waals surface area contributed by atoms with Gasteiger partial charge >= 0.3 is 0 Å². The summed E-state index contributed by atoms with van der Waals surface area (Å²) in [4.78, 5) is 41.0. The van der Waals surface area contributed by atoms with Gasteiger partial charge in [0.25, 0.3) is 0 Å². The topological polar surface area (TPSA) is 134 Å². The summed E-state index contributed by atoms with van der Waals surface area (Å²) in [6.07, 6.45) is 4.41. The molecule has 2 aliphatic heterocycles. The lowest BCUT2D eigenvalue weighted by Gasteiger charge is -2.14. The summed E-state index contributed by atoms with van der Waals surface area (Å²) in [7, 11) is 0. The van der Waals surface area contributed by atoms with Crippen molar-refractivity contribution in [2.75, 3.05) is 13.2 Å². The molecule has 4 atom stereocenters. The average molecular weight is 545 g/mol. The number of nitrogens with zero attached hydrogens (tertiary/aromatic N) is 2. The van der Waals surface area contributed by atoms with Crippen molar-refractivity contribution >= 4 is 33.9 Å². The molecule has 0 spiro atoms. The fraction of sp³-hybridized carbons (Fsp3) is 0.467. The molecule has 0 saturated carbocycles. The van der Waals surface area contributed by atoms with E-state index >= 15 is 0 Å². The fourth-order valence-electron chi connectivity index (χ4n) is 5.48. The van der Waals surface area contributed by atoms with Crippen LogP contribution in [-0.4, -0.2) is 57.2 Å². The number of carbonyl (C=O) groups excluding carboxylic acids is 2. The van der Waals surface area contributed by atoms with Crippen molar-refractivity contribution in [3.63, 3.8) is 0 Å². The predicted molar refractivity (Wildman–Crippen MR) is 151 cm³/mol. The van der Waals surface area contributed by atoms with Crippen LogP contribution >= 0.6 is 0 Å². The standard InChI is InChI=1S/C30H36N6O4/c1-17(31-29(37)25-5-3-13-39-25)27-33-21-11-9-19(15-23(21)35-27)7-8-20-10-12-22-24(16-20)36-28(34-22)18(2)32-30(38)26-6-4-14-40-26/h9-12,15-18,25-26H,3-8,13-14H2,1-2H3,(H,31,37)(H,32,38)(H,33,35)(H,34,36)/t17-,18-,25?,26?/m0/s1. The number of amides is 2. The van der Waals surface area contributed by atoms with Crippen LogP contribution in [0.2, 0.25) is 0 Å². The van der Waals surface area contributed by atoms with Crippen molar-refractivity contribution in [1.29, 1.82) is 0 Å². The van der Waals surface area contributed by atoms with Crippen molar-refractivity contribution in [3.8, 4) is 0 Å². The Morgan fingerprint density at radius 1 is 0.800 bits per heavy atom. The van der Waals surface area contributed by atoms with Gasteiger partial charge in [0.15, 0.2) is 0 Å². The minimum absolute atomic E-state index is 0.0783. The molecule has 40 heavy (non-hydrogen) atoms. The summed E-state index contributed by atoms with van der Waals surface area (Å²) in [6.45, 7) is 5.15. The van der Waals surface area contributed by atoms with E-state index in [-0.39, 0.29) is 36.1 Å². The molecule has 10 nitrogen and oxygen atoms in total. The minimum Gasteiger partial charge on any atom is -0.368 e. The Labute approximate surface area is 232 Å². The van der Waals surface area contributed by atoms with Gasteiger partial charge in [0, 0.05) is 13.2 Å². The number of aryl methyl sites for hydroxylation is 2. The molecular formula is C30H36N6O4.